The number of benzene rings is 2. The van der Waals surface area contributed by atoms with Crippen LogP contribution in [-0.4, -0.2) is 68.0 Å². The van der Waals surface area contributed by atoms with Crippen LogP contribution >= 0.6 is 0 Å². The zero-order valence-electron chi connectivity index (χ0n) is 21.3. The number of nitrogens with one attached hydrogen (secondary N) is 4. The number of nitrogens with zero attached hydrogens (tertiary/aromatic N) is 1. The van der Waals surface area contributed by atoms with E-state index in [4.69, 9.17) is 5.73 Å². The molecule has 12 nitrogen and oxygen atoms in total. The fourth-order valence-corrected chi connectivity index (χ4v) is 3.80. The summed E-state index contributed by atoms with van der Waals surface area (Å²) in [6.07, 6.45) is 3.00. The van der Waals surface area contributed by atoms with E-state index in [1.807, 2.05) is 0 Å². The van der Waals surface area contributed by atoms with Gasteiger partial charge in [-0.05, 0) is 30.2 Å². The Morgan fingerprint density at radius 2 is 1.36 bits per heavy atom. The molecule has 4 unspecified atom stereocenters. The second-order valence-corrected chi connectivity index (χ2v) is 9.15. The summed E-state index contributed by atoms with van der Waals surface area (Å²) in [5.74, 6) is -3.17. The first-order chi connectivity index (χ1) is 18.6. The molecule has 8 N–H and O–H groups in total. The van der Waals surface area contributed by atoms with Crippen molar-refractivity contribution < 1.29 is 29.4 Å². The molecular formula is C27H32N6O6. The van der Waals surface area contributed by atoms with Gasteiger partial charge in [0, 0.05) is 31.2 Å². The number of aromatic hydroxyl groups is 1. The summed E-state index contributed by atoms with van der Waals surface area (Å²) in [4.78, 5) is 57.8. The van der Waals surface area contributed by atoms with Crippen LogP contribution in [0.2, 0.25) is 0 Å². The number of phenolic OH excluding ortho intramolecular Hbond substituents is 1. The molecule has 0 aliphatic carbocycles. The average Bonchev–Trinajstić information content (AvgIpc) is 3.42. The zero-order valence-corrected chi connectivity index (χ0v) is 21.3. The molecule has 3 rings (SSSR count). The Kier molecular flexibility index (Phi) is 10.2. The van der Waals surface area contributed by atoms with Gasteiger partial charge in [-0.2, -0.15) is 0 Å². The Hall–Kier alpha value is -4.71. The second-order valence-electron chi connectivity index (χ2n) is 9.15. The van der Waals surface area contributed by atoms with Gasteiger partial charge in [0.1, 0.15) is 23.9 Å². The Balaban J connectivity index is 1.82. The molecule has 0 saturated carbocycles. The van der Waals surface area contributed by atoms with E-state index in [2.05, 4.69) is 25.9 Å². The third-order valence-electron chi connectivity index (χ3n) is 5.93. The van der Waals surface area contributed by atoms with Crippen LogP contribution in [0.3, 0.4) is 0 Å². The van der Waals surface area contributed by atoms with Crippen molar-refractivity contribution in [1.29, 1.82) is 0 Å². The molecule has 3 aromatic rings. The molecular weight excluding hydrogens is 504 g/mol. The smallest absolute Gasteiger partial charge is 0.326 e. The molecule has 0 aliphatic rings. The molecule has 4 atom stereocenters. The van der Waals surface area contributed by atoms with Gasteiger partial charge in [-0.1, -0.05) is 42.5 Å². The van der Waals surface area contributed by atoms with Crippen molar-refractivity contribution in [2.45, 2.75) is 50.4 Å². The van der Waals surface area contributed by atoms with E-state index < -0.39 is 47.9 Å². The number of carbonyl (C=O) groups is 4. The van der Waals surface area contributed by atoms with Gasteiger partial charge >= 0.3 is 5.97 Å². The number of nitrogens with two attached hydrogens (primary N) is 1. The fourth-order valence-electron chi connectivity index (χ4n) is 3.80. The Labute approximate surface area is 225 Å². The molecule has 0 aliphatic heterocycles. The monoisotopic (exact) mass is 536 g/mol. The van der Waals surface area contributed by atoms with Crippen LogP contribution in [0.1, 0.15) is 23.7 Å². The van der Waals surface area contributed by atoms with E-state index in [-0.39, 0.29) is 25.0 Å². The molecule has 0 spiro atoms. The van der Waals surface area contributed by atoms with Crippen molar-refractivity contribution in [3.8, 4) is 5.75 Å². The minimum Gasteiger partial charge on any atom is -0.508 e. The number of phenols is 1. The van der Waals surface area contributed by atoms with Gasteiger partial charge < -0.3 is 36.9 Å². The summed E-state index contributed by atoms with van der Waals surface area (Å²) in [6, 6.07) is 10.4. The number of aliphatic carboxylic acids is 1. The van der Waals surface area contributed by atoms with E-state index in [9.17, 15) is 29.4 Å². The molecule has 1 aromatic heterocycles. The van der Waals surface area contributed by atoms with Crippen molar-refractivity contribution in [2.24, 2.45) is 5.73 Å². The van der Waals surface area contributed by atoms with E-state index in [0.29, 0.717) is 16.8 Å². The van der Waals surface area contributed by atoms with Crippen LogP contribution in [0.5, 0.6) is 5.75 Å². The minimum atomic E-state index is -1.25. The maximum atomic E-state index is 13.4. The van der Waals surface area contributed by atoms with E-state index >= 15 is 0 Å². The number of aromatic nitrogens is 2. The van der Waals surface area contributed by atoms with Gasteiger partial charge in [-0.25, -0.2) is 9.78 Å². The molecule has 0 radical (unpaired) electrons. The molecule has 39 heavy (non-hydrogen) atoms. The number of hydrogen-bond acceptors (Lipinski definition) is 7. The van der Waals surface area contributed by atoms with Crippen molar-refractivity contribution in [3.63, 3.8) is 0 Å². The van der Waals surface area contributed by atoms with Crippen LogP contribution in [0, 0.1) is 0 Å². The van der Waals surface area contributed by atoms with E-state index in [1.54, 1.807) is 42.5 Å². The number of carbonyl (C=O) groups excluding carboxylic acids is 3. The Morgan fingerprint density at radius 1 is 0.821 bits per heavy atom. The lowest BCUT2D eigenvalue weighted by atomic mass is 10.0. The molecule has 0 bridgehead atoms. The normalized spacial score (nSPS) is 13.9. The molecule has 0 saturated heterocycles. The first-order valence-corrected chi connectivity index (χ1v) is 12.3. The number of hydrogen-bond donors (Lipinski definition) is 7. The summed E-state index contributed by atoms with van der Waals surface area (Å²) in [7, 11) is 0. The summed E-state index contributed by atoms with van der Waals surface area (Å²) in [5.41, 5.74) is 7.54. The van der Waals surface area contributed by atoms with E-state index in [0.717, 1.165) is 0 Å². The summed E-state index contributed by atoms with van der Waals surface area (Å²) in [5, 5.41) is 27.1. The molecule has 2 aromatic carbocycles. The van der Waals surface area contributed by atoms with Crippen LogP contribution in [0.25, 0.3) is 0 Å². The quantitative estimate of drug-likeness (QED) is 0.159. The number of imidazole rings is 1. The Bertz CT molecular complexity index is 1250. The van der Waals surface area contributed by atoms with Gasteiger partial charge in [-0.3, -0.25) is 14.4 Å². The van der Waals surface area contributed by atoms with Crippen LogP contribution in [0.4, 0.5) is 0 Å². The maximum Gasteiger partial charge on any atom is 0.326 e. The van der Waals surface area contributed by atoms with Gasteiger partial charge in [0.2, 0.25) is 17.7 Å². The lowest BCUT2D eigenvalue weighted by Crippen LogP contribution is -2.58. The lowest BCUT2D eigenvalue weighted by molar-refractivity contribution is -0.142. The Morgan fingerprint density at radius 3 is 1.92 bits per heavy atom. The van der Waals surface area contributed by atoms with Gasteiger partial charge in [-0.15, -0.1) is 0 Å². The number of carboxylic acids is 1. The standard InChI is InChI=1S/C27H32N6O6/c1-16(28)24(35)31-22(13-19-14-29-15-30-19)26(37)32-21(11-18-7-9-20(34)10-8-18)25(36)33-23(27(38)39)12-17-5-3-2-4-6-17/h2-10,14-16,21-23,34H,11-13,28H2,1H3,(H,29,30)(H,31,35)(H,32,37)(H,33,36)(H,38,39). The topological polar surface area (TPSA) is 200 Å². The molecule has 3 amide bonds. The summed E-state index contributed by atoms with van der Waals surface area (Å²) in [6.45, 7) is 1.47. The number of rotatable bonds is 13. The van der Waals surface area contributed by atoms with E-state index in [1.165, 1.54) is 31.6 Å². The van der Waals surface area contributed by atoms with Crippen molar-refractivity contribution >= 4 is 23.7 Å². The van der Waals surface area contributed by atoms with Crippen LogP contribution in [-0.2, 0) is 38.4 Å². The maximum absolute atomic E-state index is 13.4. The summed E-state index contributed by atoms with van der Waals surface area (Å²) >= 11 is 0. The highest BCUT2D eigenvalue weighted by Gasteiger charge is 2.30. The lowest BCUT2D eigenvalue weighted by Gasteiger charge is -2.25. The third kappa shape index (κ3) is 8.97. The molecule has 206 valence electrons. The summed E-state index contributed by atoms with van der Waals surface area (Å²) < 4.78 is 0. The SMILES string of the molecule is CC(N)C(=O)NC(Cc1cnc[nH]1)C(=O)NC(Cc1ccc(O)cc1)C(=O)NC(Cc1ccccc1)C(=O)O. The van der Waals surface area contributed by atoms with Gasteiger partial charge in [0.25, 0.3) is 0 Å². The largest absolute Gasteiger partial charge is 0.508 e. The predicted octanol–water partition coefficient (Wildman–Crippen LogP) is 0.0294. The predicted molar refractivity (Wildman–Crippen MR) is 141 cm³/mol. The highest BCUT2D eigenvalue weighted by Crippen LogP contribution is 2.13. The zero-order chi connectivity index (χ0) is 28.4. The fraction of sp³-hybridized carbons (Fsp3) is 0.296. The molecule has 12 heteroatoms. The van der Waals surface area contributed by atoms with Crippen molar-refractivity contribution in [1.82, 2.24) is 25.9 Å². The van der Waals surface area contributed by atoms with Crippen LogP contribution < -0.4 is 21.7 Å². The first kappa shape index (κ1) is 28.9. The van der Waals surface area contributed by atoms with Gasteiger partial charge in [0.15, 0.2) is 0 Å². The third-order valence-corrected chi connectivity index (χ3v) is 5.93. The number of carboxylic acid groups (broad SMARTS) is 1. The molecule has 1 heterocycles. The number of amides is 3. The minimum absolute atomic E-state index is 0.00640. The number of aromatic amines is 1. The van der Waals surface area contributed by atoms with Crippen molar-refractivity contribution in [3.05, 3.63) is 83.9 Å². The second kappa shape index (κ2) is 13.7. The highest BCUT2D eigenvalue weighted by molar-refractivity contribution is 5.94. The average molecular weight is 537 g/mol. The highest BCUT2D eigenvalue weighted by atomic mass is 16.4. The van der Waals surface area contributed by atoms with Gasteiger partial charge in [0.05, 0.1) is 12.4 Å². The number of H-pyrrole nitrogens is 1. The van der Waals surface area contributed by atoms with Crippen molar-refractivity contribution in [2.75, 3.05) is 0 Å². The molecule has 0 fully saturated rings. The first-order valence-electron chi connectivity index (χ1n) is 12.3. The van der Waals surface area contributed by atoms with Crippen LogP contribution in [0.15, 0.2) is 67.1 Å².